The SMILES string of the molecule is CNC1COCC1C(=O)N1CCN(C(=O)COC)CC1. The molecule has 2 aliphatic rings. The van der Waals surface area contributed by atoms with Crippen LogP contribution in [0.15, 0.2) is 0 Å². The Hall–Kier alpha value is -1.18. The van der Waals surface area contributed by atoms with Crippen LogP contribution in [0.2, 0.25) is 0 Å². The van der Waals surface area contributed by atoms with Gasteiger partial charge in [-0.25, -0.2) is 0 Å². The van der Waals surface area contributed by atoms with E-state index in [0.717, 1.165) is 0 Å². The van der Waals surface area contributed by atoms with Gasteiger partial charge in [0.15, 0.2) is 0 Å². The normalized spacial score (nSPS) is 26.9. The van der Waals surface area contributed by atoms with Crippen LogP contribution >= 0.6 is 0 Å². The van der Waals surface area contributed by atoms with Gasteiger partial charge in [0, 0.05) is 39.3 Å². The maximum Gasteiger partial charge on any atom is 0.248 e. The highest BCUT2D eigenvalue weighted by Crippen LogP contribution is 2.17. The van der Waals surface area contributed by atoms with Crippen LogP contribution in [0.4, 0.5) is 0 Å². The lowest BCUT2D eigenvalue weighted by atomic mass is 10.0. The predicted molar refractivity (Wildman–Crippen MR) is 72.2 cm³/mol. The Balaban J connectivity index is 1.84. The molecule has 114 valence electrons. The second kappa shape index (κ2) is 7.01. The van der Waals surface area contributed by atoms with E-state index in [2.05, 4.69) is 5.32 Å². The number of ether oxygens (including phenoxy) is 2. The van der Waals surface area contributed by atoms with Gasteiger partial charge in [0.05, 0.1) is 19.1 Å². The van der Waals surface area contributed by atoms with Crippen LogP contribution in [0.3, 0.4) is 0 Å². The molecule has 0 aromatic carbocycles. The fraction of sp³-hybridized carbons (Fsp3) is 0.846. The van der Waals surface area contributed by atoms with E-state index in [1.807, 2.05) is 11.9 Å². The van der Waals surface area contributed by atoms with Crippen molar-refractivity contribution in [3.05, 3.63) is 0 Å². The molecule has 0 aliphatic carbocycles. The van der Waals surface area contributed by atoms with Crippen LogP contribution in [0.1, 0.15) is 0 Å². The molecular weight excluding hydrogens is 262 g/mol. The van der Waals surface area contributed by atoms with Crippen LogP contribution in [-0.2, 0) is 19.1 Å². The zero-order valence-electron chi connectivity index (χ0n) is 12.1. The molecule has 0 aromatic rings. The van der Waals surface area contributed by atoms with Gasteiger partial charge in [-0.15, -0.1) is 0 Å². The van der Waals surface area contributed by atoms with Crippen molar-refractivity contribution in [2.75, 3.05) is 60.2 Å². The zero-order chi connectivity index (χ0) is 14.5. The van der Waals surface area contributed by atoms with Gasteiger partial charge in [0.2, 0.25) is 11.8 Å². The van der Waals surface area contributed by atoms with E-state index >= 15 is 0 Å². The maximum absolute atomic E-state index is 12.4. The number of carbonyl (C=O) groups is 2. The molecule has 2 unspecified atom stereocenters. The molecule has 0 radical (unpaired) electrons. The molecule has 7 nitrogen and oxygen atoms in total. The number of rotatable bonds is 4. The minimum absolute atomic E-state index is 0.0168. The van der Waals surface area contributed by atoms with Crippen molar-refractivity contribution in [3.8, 4) is 0 Å². The monoisotopic (exact) mass is 285 g/mol. The summed E-state index contributed by atoms with van der Waals surface area (Å²) in [6.45, 7) is 3.48. The molecule has 2 amide bonds. The number of hydrogen-bond donors (Lipinski definition) is 1. The Morgan fingerprint density at radius 2 is 1.85 bits per heavy atom. The van der Waals surface area contributed by atoms with Gasteiger partial charge in [-0.2, -0.15) is 0 Å². The van der Waals surface area contributed by atoms with E-state index in [0.29, 0.717) is 39.4 Å². The molecule has 0 aromatic heterocycles. The second-order valence-electron chi connectivity index (χ2n) is 5.18. The van der Waals surface area contributed by atoms with Crippen molar-refractivity contribution < 1.29 is 19.1 Å². The van der Waals surface area contributed by atoms with Gasteiger partial charge in [-0.05, 0) is 7.05 Å². The number of hydrogen-bond acceptors (Lipinski definition) is 5. The fourth-order valence-electron chi connectivity index (χ4n) is 2.71. The van der Waals surface area contributed by atoms with E-state index in [9.17, 15) is 9.59 Å². The average Bonchev–Trinajstić information content (AvgIpc) is 2.95. The second-order valence-corrected chi connectivity index (χ2v) is 5.18. The van der Waals surface area contributed by atoms with Crippen LogP contribution in [-0.4, -0.2) is 87.8 Å². The largest absolute Gasteiger partial charge is 0.379 e. The zero-order valence-corrected chi connectivity index (χ0v) is 12.1. The van der Waals surface area contributed by atoms with Crippen molar-refractivity contribution in [2.45, 2.75) is 6.04 Å². The highest BCUT2D eigenvalue weighted by Gasteiger charge is 2.36. The molecule has 2 aliphatic heterocycles. The van der Waals surface area contributed by atoms with E-state index < -0.39 is 0 Å². The highest BCUT2D eigenvalue weighted by atomic mass is 16.5. The minimum Gasteiger partial charge on any atom is -0.379 e. The smallest absolute Gasteiger partial charge is 0.248 e. The molecule has 2 rings (SSSR count). The first-order valence-corrected chi connectivity index (χ1v) is 6.98. The molecule has 0 spiro atoms. The first-order valence-electron chi connectivity index (χ1n) is 6.98. The number of piperazine rings is 1. The first-order chi connectivity index (χ1) is 9.67. The Kier molecular flexibility index (Phi) is 5.33. The maximum atomic E-state index is 12.4. The van der Waals surface area contributed by atoms with Gasteiger partial charge in [0.25, 0.3) is 0 Å². The van der Waals surface area contributed by atoms with Crippen LogP contribution in [0, 0.1) is 5.92 Å². The van der Waals surface area contributed by atoms with Gasteiger partial charge in [-0.1, -0.05) is 0 Å². The van der Waals surface area contributed by atoms with Crippen molar-refractivity contribution in [1.29, 1.82) is 0 Å². The molecule has 2 fully saturated rings. The average molecular weight is 285 g/mol. The summed E-state index contributed by atoms with van der Waals surface area (Å²) in [7, 11) is 3.36. The third-order valence-electron chi connectivity index (χ3n) is 3.98. The molecule has 0 saturated carbocycles. The van der Waals surface area contributed by atoms with Crippen LogP contribution in [0.5, 0.6) is 0 Å². The Morgan fingerprint density at radius 3 is 2.45 bits per heavy atom. The summed E-state index contributed by atoms with van der Waals surface area (Å²) in [4.78, 5) is 27.7. The van der Waals surface area contributed by atoms with Crippen molar-refractivity contribution >= 4 is 11.8 Å². The summed E-state index contributed by atoms with van der Waals surface area (Å²) in [5.74, 6) is -0.00110. The third kappa shape index (κ3) is 3.28. The van der Waals surface area contributed by atoms with Gasteiger partial charge in [0.1, 0.15) is 6.61 Å². The van der Waals surface area contributed by atoms with Crippen molar-refractivity contribution in [3.63, 3.8) is 0 Å². The fourth-order valence-corrected chi connectivity index (χ4v) is 2.71. The predicted octanol–water partition coefficient (Wildman–Crippen LogP) is -1.46. The summed E-state index contributed by atoms with van der Waals surface area (Å²) in [5, 5.41) is 3.12. The van der Waals surface area contributed by atoms with E-state index in [1.165, 1.54) is 7.11 Å². The number of methoxy groups -OCH3 is 1. The van der Waals surface area contributed by atoms with E-state index in [-0.39, 0.29) is 30.4 Å². The van der Waals surface area contributed by atoms with Gasteiger partial charge in [-0.3, -0.25) is 9.59 Å². The number of likely N-dealkylation sites (N-methyl/N-ethyl adjacent to an activating group) is 1. The number of amides is 2. The van der Waals surface area contributed by atoms with E-state index in [4.69, 9.17) is 9.47 Å². The number of carbonyl (C=O) groups excluding carboxylic acids is 2. The molecular formula is C13H23N3O4. The van der Waals surface area contributed by atoms with Crippen molar-refractivity contribution in [1.82, 2.24) is 15.1 Å². The molecule has 20 heavy (non-hydrogen) atoms. The summed E-state index contributed by atoms with van der Waals surface area (Å²) >= 11 is 0. The van der Waals surface area contributed by atoms with Crippen molar-refractivity contribution in [2.24, 2.45) is 5.92 Å². The quantitative estimate of drug-likeness (QED) is 0.683. The Morgan fingerprint density at radius 1 is 1.20 bits per heavy atom. The first kappa shape index (κ1) is 15.2. The topological polar surface area (TPSA) is 71.1 Å². The lowest BCUT2D eigenvalue weighted by Crippen LogP contribution is -2.54. The summed E-state index contributed by atoms with van der Waals surface area (Å²) in [6.07, 6.45) is 0. The Labute approximate surface area is 119 Å². The summed E-state index contributed by atoms with van der Waals surface area (Å²) in [5.41, 5.74) is 0. The highest BCUT2D eigenvalue weighted by molar-refractivity contribution is 5.81. The molecule has 2 atom stereocenters. The third-order valence-corrected chi connectivity index (χ3v) is 3.98. The molecule has 0 bridgehead atoms. The van der Waals surface area contributed by atoms with Gasteiger partial charge >= 0.3 is 0 Å². The number of nitrogens with one attached hydrogen (secondary N) is 1. The molecule has 2 heterocycles. The lowest BCUT2D eigenvalue weighted by molar-refractivity contribution is -0.144. The molecule has 7 heteroatoms. The Bertz CT molecular complexity index is 356. The lowest BCUT2D eigenvalue weighted by Gasteiger charge is -2.36. The molecule has 2 saturated heterocycles. The summed E-state index contributed by atoms with van der Waals surface area (Å²) < 4.78 is 10.2. The number of nitrogens with zero attached hydrogens (tertiary/aromatic N) is 2. The van der Waals surface area contributed by atoms with Gasteiger partial charge < -0.3 is 24.6 Å². The minimum atomic E-state index is -0.110. The standard InChI is InChI=1S/C13H23N3O4/c1-14-11-8-20-7-10(11)13(18)16-5-3-15(4-6-16)12(17)9-19-2/h10-11,14H,3-9H2,1-2H3. The van der Waals surface area contributed by atoms with E-state index in [1.54, 1.807) is 4.90 Å². The summed E-state index contributed by atoms with van der Waals surface area (Å²) in [6, 6.07) is 0.0932. The van der Waals surface area contributed by atoms with Crippen LogP contribution in [0.25, 0.3) is 0 Å². The van der Waals surface area contributed by atoms with Crippen LogP contribution < -0.4 is 5.32 Å². The molecule has 1 N–H and O–H groups in total.